The minimum atomic E-state index is 0.600. The lowest BCUT2D eigenvalue weighted by atomic mass is 9.95. The molecule has 1 unspecified atom stereocenters. The maximum atomic E-state index is 3.48. The highest BCUT2D eigenvalue weighted by atomic mass is 14.9. The van der Waals surface area contributed by atoms with Gasteiger partial charge in [0.15, 0.2) is 0 Å². The van der Waals surface area contributed by atoms with Crippen molar-refractivity contribution >= 4 is 0 Å². The van der Waals surface area contributed by atoms with Crippen LogP contribution in [0.15, 0.2) is 18.2 Å². The van der Waals surface area contributed by atoms with Gasteiger partial charge < -0.3 is 5.32 Å². The quantitative estimate of drug-likeness (QED) is 0.786. The minimum absolute atomic E-state index is 0.600. The van der Waals surface area contributed by atoms with Gasteiger partial charge in [-0.1, -0.05) is 50.1 Å². The molecule has 0 radical (unpaired) electrons. The van der Waals surface area contributed by atoms with Crippen molar-refractivity contribution in [3.8, 4) is 0 Å². The Morgan fingerprint density at radius 3 is 2.12 bits per heavy atom. The van der Waals surface area contributed by atoms with Crippen molar-refractivity contribution in [2.45, 2.75) is 53.5 Å². The van der Waals surface area contributed by atoms with E-state index >= 15 is 0 Å². The van der Waals surface area contributed by atoms with Crippen LogP contribution in [-0.2, 0) is 6.42 Å². The van der Waals surface area contributed by atoms with E-state index in [9.17, 15) is 0 Å². The first-order valence-corrected chi connectivity index (χ1v) is 6.78. The molecule has 1 rings (SSSR count). The predicted octanol–water partition coefficient (Wildman–Crippen LogP) is 3.87. The molecule has 1 atom stereocenters. The Hall–Kier alpha value is -0.820. The fraction of sp³-hybridized carbons (Fsp3) is 0.625. The maximum absolute atomic E-state index is 3.48. The summed E-state index contributed by atoms with van der Waals surface area (Å²) in [7, 11) is 0. The van der Waals surface area contributed by atoms with Crippen LogP contribution in [0.1, 0.15) is 43.9 Å². The second kappa shape index (κ2) is 6.80. The molecule has 1 nitrogen and oxygen atoms in total. The Bertz CT molecular complexity index is 321. The smallest absolute Gasteiger partial charge is 0.00103 e. The molecule has 0 saturated heterocycles. The summed E-state index contributed by atoms with van der Waals surface area (Å²) in [5.74, 6) is 0.752. The van der Waals surface area contributed by atoms with Gasteiger partial charge in [-0.05, 0) is 44.7 Å². The highest BCUT2D eigenvalue weighted by Crippen LogP contribution is 2.15. The second-order valence-corrected chi connectivity index (χ2v) is 5.70. The lowest BCUT2D eigenvalue weighted by molar-refractivity contribution is 0.476. The summed E-state index contributed by atoms with van der Waals surface area (Å²) < 4.78 is 0. The van der Waals surface area contributed by atoms with Crippen molar-refractivity contribution in [1.82, 2.24) is 5.32 Å². The summed E-state index contributed by atoms with van der Waals surface area (Å²) in [6, 6.07) is 7.48. The van der Waals surface area contributed by atoms with E-state index in [1.807, 2.05) is 0 Å². The van der Waals surface area contributed by atoms with Gasteiger partial charge in [0.2, 0.25) is 0 Å². The normalized spacial score (nSPS) is 13.1. The first-order chi connectivity index (χ1) is 7.97. The fourth-order valence-electron chi connectivity index (χ4n) is 2.31. The third-order valence-electron chi connectivity index (χ3n) is 3.06. The molecule has 0 aliphatic heterocycles. The van der Waals surface area contributed by atoms with Crippen LogP contribution < -0.4 is 5.32 Å². The summed E-state index contributed by atoms with van der Waals surface area (Å²) in [6.45, 7) is 12.2. The molecule has 1 heteroatoms. The van der Waals surface area contributed by atoms with Gasteiger partial charge in [0.05, 0.1) is 0 Å². The predicted molar refractivity (Wildman–Crippen MR) is 76.5 cm³/mol. The molecule has 0 fully saturated rings. The van der Waals surface area contributed by atoms with Crippen LogP contribution in [0.5, 0.6) is 0 Å². The van der Waals surface area contributed by atoms with Gasteiger partial charge in [0, 0.05) is 6.04 Å². The SMILES string of the molecule is Cc1cc(C)cc(CC(C)CCNC(C)C)c1. The van der Waals surface area contributed by atoms with Gasteiger partial charge in [0.1, 0.15) is 0 Å². The maximum Gasteiger partial charge on any atom is 0.00103 e. The zero-order chi connectivity index (χ0) is 12.8. The Morgan fingerprint density at radius 2 is 1.59 bits per heavy atom. The number of aryl methyl sites for hydroxylation is 2. The summed E-state index contributed by atoms with van der Waals surface area (Å²) in [5.41, 5.74) is 4.25. The Morgan fingerprint density at radius 1 is 1.00 bits per heavy atom. The molecule has 1 aromatic rings. The molecular weight excluding hydrogens is 206 g/mol. The molecule has 0 saturated carbocycles. The van der Waals surface area contributed by atoms with Crippen molar-refractivity contribution in [3.05, 3.63) is 34.9 Å². The van der Waals surface area contributed by atoms with Crippen molar-refractivity contribution in [2.24, 2.45) is 5.92 Å². The Kier molecular flexibility index (Phi) is 5.70. The van der Waals surface area contributed by atoms with Crippen molar-refractivity contribution in [3.63, 3.8) is 0 Å². The van der Waals surface area contributed by atoms with E-state index in [-0.39, 0.29) is 0 Å². The standard InChI is InChI=1S/C16H27N/c1-12(2)17-7-6-13(3)9-16-10-14(4)8-15(5)11-16/h8,10-13,17H,6-7,9H2,1-5H3. The van der Waals surface area contributed by atoms with Gasteiger partial charge in [-0.25, -0.2) is 0 Å². The molecule has 1 aromatic carbocycles. The average Bonchev–Trinajstić information content (AvgIpc) is 2.14. The molecule has 0 aliphatic carbocycles. The molecule has 0 aromatic heterocycles. The lowest BCUT2D eigenvalue weighted by Crippen LogP contribution is -2.25. The topological polar surface area (TPSA) is 12.0 Å². The number of hydrogen-bond donors (Lipinski definition) is 1. The molecule has 0 bridgehead atoms. The molecule has 0 aliphatic rings. The second-order valence-electron chi connectivity index (χ2n) is 5.70. The number of nitrogens with one attached hydrogen (secondary N) is 1. The van der Waals surface area contributed by atoms with E-state index in [1.165, 1.54) is 29.5 Å². The van der Waals surface area contributed by atoms with E-state index in [0.29, 0.717) is 6.04 Å². The zero-order valence-corrected chi connectivity index (χ0v) is 12.0. The molecular formula is C16H27N. The van der Waals surface area contributed by atoms with Gasteiger partial charge in [-0.3, -0.25) is 0 Å². The van der Waals surface area contributed by atoms with Gasteiger partial charge in [-0.15, -0.1) is 0 Å². The van der Waals surface area contributed by atoms with E-state index in [4.69, 9.17) is 0 Å². The van der Waals surface area contributed by atoms with Gasteiger partial charge in [-0.2, -0.15) is 0 Å². The van der Waals surface area contributed by atoms with Crippen LogP contribution in [-0.4, -0.2) is 12.6 Å². The number of rotatable bonds is 6. The Labute approximate surface area is 107 Å². The highest BCUT2D eigenvalue weighted by Gasteiger charge is 2.05. The monoisotopic (exact) mass is 233 g/mol. The van der Waals surface area contributed by atoms with Crippen LogP contribution in [0.25, 0.3) is 0 Å². The third kappa shape index (κ3) is 5.88. The first kappa shape index (κ1) is 14.2. The van der Waals surface area contributed by atoms with Crippen LogP contribution in [0.3, 0.4) is 0 Å². The van der Waals surface area contributed by atoms with Crippen LogP contribution in [0.2, 0.25) is 0 Å². The zero-order valence-electron chi connectivity index (χ0n) is 12.0. The molecule has 0 amide bonds. The van der Waals surface area contributed by atoms with Gasteiger partial charge >= 0.3 is 0 Å². The van der Waals surface area contributed by atoms with Crippen molar-refractivity contribution in [2.75, 3.05) is 6.54 Å². The minimum Gasteiger partial charge on any atom is -0.315 e. The van der Waals surface area contributed by atoms with Crippen LogP contribution >= 0.6 is 0 Å². The lowest BCUT2D eigenvalue weighted by Gasteiger charge is -2.14. The number of hydrogen-bond acceptors (Lipinski definition) is 1. The third-order valence-corrected chi connectivity index (χ3v) is 3.06. The average molecular weight is 233 g/mol. The Balaban J connectivity index is 2.42. The largest absolute Gasteiger partial charge is 0.315 e. The molecule has 17 heavy (non-hydrogen) atoms. The van der Waals surface area contributed by atoms with E-state index in [0.717, 1.165) is 12.5 Å². The van der Waals surface area contributed by atoms with Gasteiger partial charge in [0.25, 0.3) is 0 Å². The van der Waals surface area contributed by atoms with Crippen LogP contribution in [0.4, 0.5) is 0 Å². The molecule has 0 heterocycles. The van der Waals surface area contributed by atoms with E-state index in [1.54, 1.807) is 0 Å². The highest BCUT2D eigenvalue weighted by molar-refractivity contribution is 5.28. The van der Waals surface area contributed by atoms with Crippen LogP contribution in [0, 0.1) is 19.8 Å². The first-order valence-electron chi connectivity index (χ1n) is 6.78. The molecule has 96 valence electrons. The number of benzene rings is 1. The van der Waals surface area contributed by atoms with E-state index in [2.05, 4.69) is 58.1 Å². The molecule has 0 spiro atoms. The van der Waals surface area contributed by atoms with Crippen molar-refractivity contribution in [1.29, 1.82) is 0 Å². The summed E-state index contributed by atoms with van der Waals surface area (Å²) in [6.07, 6.45) is 2.45. The summed E-state index contributed by atoms with van der Waals surface area (Å²) in [4.78, 5) is 0. The van der Waals surface area contributed by atoms with E-state index < -0.39 is 0 Å². The fourth-order valence-corrected chi connectivity index (χ4v) is 2.31. The molecule has 1 N–H and O–H groups in total. The summed E-state index contributed by atoms with van der Waals surface area (Å²) in [5, 5.41) is 3.48. The summed E-state index contributed by atoms with van der Waals surface area (Å²) >= 11 is 0. The van der Waals surface area contributed by atoms with Crippen molar-refractivity contribution < 1.29 is 0 Å².